The molecule has 2 nitrogen and oxygen atoms in total. The van der Waals surface area contributed by atoms with Gasteiger partial charge in [0.2, 0.25) is 0 Å². The van der Waals surface area contributed by atoms with Crippen molar-refractivity contribution in [2.45, 2.75) is 45.6 Å². The fraction of sp³-hybridized carbons (Fsp3) is 0.667. The number of nitrogens with zero attached hydrogens (tertiary/aromatic N) is 1. The number of hydrogen-bond acceptors (Lipinski definition) is 4. The highest BCUT2D eigenvalue weighted by atomic mass is 32.2. The Morgan fingerprint density at radius 2 is 2.11 bits per heavy atom. The predicted molar refractivity (Wildman–Crippen MR) is 86.3 cm³/mol. The van der Waals surface area contributed by atoms with E-state index in [9.17, 15) is 0 Å². The van der Waals surface area contributed by atoms with Gasteiger partial charge in [-0.2, -0.15) is 0 Å². The van der Waals surface area contributed by atoms with Crippen molar-refractivity contribution in [3.8, 4) is 0 Å². The molecule has 4 heteroatoms. The van der Waals surface area contributed by atoms with Crippen molar-refractivity contribution in [1.29, 1.82) is 0 Å². The normalized spacial score (nSPS) is 23.4. The SMILES string of the molecule is Cc1ccc(C(C)NC2=NCC3(CCCC3)CS2)s1. The van der Waals surface area contributed by atoms with Gasteiger partial charge in [-0.05, 0) is 44.2 Å². The Balaban J connectivity index is 1.60. The van der Waals surface area contributed by atoms with Crippen LogP contribution in [0.3, 0.4) is 0 Å². The first-order chi connectivity index (χ1) is 9.17. The lowest BCUT2D eigenvalue weighted by molar-refractivity contribution is 0.358. The largest absolute Gasteiger partial charge is 0.358 e. The second-order valence-corrected chi connectivity index (χ2v) is 8.22. The maximum Gasteiger partial charge on any atom is 0.157 e. The molecule has 1 spiro atoms. The zero-order valence-corrected chi connectivity index (χ0v) is 13.4. The lowest BCUT2D eigenvalue weighted by Crippen LogP contribution is -2.34. The van der Waals surface area contributed by atoms with Crippen LogP contribution in [-0.2, 0) is 0 Å². The Morgan fingerprint density at radius 1 is 1.32 bits per heavy atom. The third-order valence-electron chi connectivity index (χ3n) is 4.27. The summed E-state index contributed by atoms with van der Waals surface area (Å²) in [6.07, 6.45) is 5.58. The van der Waals surface area contributed by atoms with Crippen LogP contribution >= 0.6 is 23.1 Å². The molecular weight excluding hydrogens is 272 g/mol. The first kappa shape index (κ1) is 13.5. The van der Waals surface area contributed by atoms with Gasteiger partial charge in [0.15, 0.2) is 5.17 Å². The topological polar surface area (TPSA) is 24.4 Å². The number of amidine groups is 1. The van der Waals surface area contributed by atoms with Gasteiger partial charge in [-0.15, -0.1) is 11.3 Å². The van der Waals surface area contributed by atoms with E-state index in [4.69, 9.17) is 4.99 Å². The van der Waals surface area contributed by atoms with E-state index in [2.05, 4.69) is 31.3 Å². The summed E-state index contributed by atoms with van der Waals surface area (Å²) in [6.45, 7) is 5.43. The van der Waals surface area contributed by atoms with E-state index in [1.165, 1.54) is 41.2 Å². The number of nitrogens with one attached hydrogen (secondary N) is 1. The van der Waals surface area contributed by atoms with Crippen LogP contribution in [0.5, 0.6) is 0 Å². The maximum atomic E-state index is 4.81. The van der Waals surface area contributed by atoms with E-state index in [-0.39, 0.29) is 0 Å². The fourth-order valence-electron chi connectivity index (χ4n) is 3.01. The third-order valence-corrected chi connectivity index (χ3v) is 6.73. The predicted octanol–water partition coefficient (Wildman–Crippen LogP) is 4.37. The van der Waals surface area contributed by atoms with Crippen molar-refractivity contribution < 1.29 is 0 Å². The molecule has 1 atom stereocenters. The molecule has 0 aromatic carbocycles. The van der Waals surface area contributed by atoms with Crippen LogP contribution in [0.25, 0.3) is 0 Å². The Bertz CT molecular complexity index is 472. The van der Waals surface area contributed by atoms with Crippen molar-refractivity contribution in [2.24, 2.45) is 10.4 Å². The fourth-order valence-corrected chi connectivity index (χ4v) is 5.13. The van der Waals surface area contributed by atoms with Gasteiger partial charge < -0.3 is 5.32 Å². The van der Waals surface area contributed by atoms with E-state index in [1.54, 1.807) is 0 Å². The van der Waals surface area contributed by atoms with Crippen LogP contribution in [0, 0.1) is 12.3 Å². The Kier molecular flexibility index (Phi) is 3.90. The lowest BCUT2D eigenvalue weighted by Gasteiger charge is -2.31. The monoisotopic (exact) mass is 294 g/mol. The van der Waals surface area contributed by atoms with E-state index < -0.39 is 0 Å². The van der Waals surface area contributed by atoms with Gasteiger partial charge >= 0.3 is 0 Å². The van der Waals surface area contributed by atoms with Crippen molar-refractivity contribution in [3.05, 3.63) is 21.9 Å². The number of hydrogen-bond donors (Lipinski definition) is 1. The average Bonchev–Trinajstić information content (AvgIpc) is 3.02. The first-order valence-corrected chi connectivity index (χ1v) is 8.97. The zero-order chi connectivity index (χ0) is 13.3. The highest BCUT2D eigenvalue weighted by molar-refractivity contribution is 8.13. The first-order valence-electron chi connectivity index (χ1n) is 7.17. The minimum atomic E-state index is 0.377. The Morgan fingerprint density at radius 3 is 2.68 bits per heavy atom. The molecule has 1 aromatic rings. The summed E-state index contributed by atoms with van der Waals surface area (Å²) in [4.78, 5) is 7.60. The van der Waals surface area contributed by atoms with Crippen molar-refractivity contribution in [3.63, 3.8) is 0 Å². The van der Waals surface area contributed by atoms with Gasteiger partial charge in [0.1, 0.15) is 0 Å². The molecule has 1 fully saturated rings. The average molecular weight is 294 g/mol. The van der Waals surface area contributed by atoms with E-state index in [0.717, 1.165) is 11.7 Å². The molecule has 2 heterocycles. The molecule has 0 bridgehead atoms. The minimum Gasteiger partial charge on any atom is -0.358 e. The summed E-state index contributed by atoms with van der Waals surface area (Å²) in [7, 11) is 0. The maximum absolute atomic E-state index is 4.81. The van der Waals surface area contributed by atoms with E-state index >= 15 is 0 Å². The van der Waals surface area contributed by atoms with Crippen molar-refractivity contribution in [2.75, 3.05) is 12.3 Å². The van der Waals surface area contributed by atoms with Crippen LogP contribution in [0.2, 0.25) is 0 Å². The molecule has 1 aliphatic carbocycles. The smallest absolute Gasteiger partial charge is 0.157 e. The standard InChI is InChI=1S/C15H22N2S2/c1-11-5-6-13(19-11)12(2)17-14-16-9-15(10-18-14)7-3-4-8-15/h5-6,12H,3-4,7-10H2,1-2H3,(H,16,17). The van der Waals surface area contributed by atoms with Crippen LogP contribution in [0.4, 0.5) is 0 Å². The quantitative estimate of drug-likeness (QED) is 0.876. The molecule has 1 aliphatic heterocycles. The van der Waals surface area contributed by atoms with Crippen LogP contribution in [-0.4, -0.2) is 17.5 Å². The van der Waals surface area contributed by atoms with Gasteiger partial charge in [0.05, 0.1) is 6.04 Å². The second kappa shape index (κ2) is 5.49. The highest BCUT2D eigenvalue weighted by Gasteiger charge is 2.36. The molecule has 1 N–H and O–H groups in total. The molecule has 0 radical (unpaired) electrons. The number of rotatable bonds is 2. The number of aryl methyl sites for hydroxylation is 1. The molecule has 0 saturated heterocycles. The van der Waals surface area contributed by atoms with E-state index in [0.29, 0.717) is 11.5 Å². The number of thiophene rings is 1. The number of thioether (sulfide) groups is 1. The molecule has 1 aromatic heterocycles. The summed E-state index contributed by atoms with van der Waals surface area (Å²) in [5.74, 6) is 1.26. The summed E-state index contributed by atoms with van der Waals surface area (Å²) < 4.78 is 0. The molecule has 3 rings (SSSR count). The van der Waals surface area contributed by atoms with Gasteiger partial charge in [0, 0.05) is 22.1 Å². The highest BCUT2D eigenvalue weighted by Crippen LogP contribution is 2.43. The molecule has 19 heavy (non-hydrogen) atoms. The number of aliphatic imine (C=N–C) groups is 1. The molecule has 1 unspecified atom stereocenters. The molecule has 1 saturated carbocycles. The van der Waals surface area contributed by atoms with Gasteiger partial charge in [-0.1, -0.05) is 24.6 Å². The summed E-state index contributed by atoms with van der Waals surface area (Å²) in [6, 6.07) is 4.80. The minimum absolute atomic E-state index is 0.377. The van der Waals surface area contributed by atoms with Crippen LogP contribution in [0.1, 0.15) is 48.4 Å². The Labute approximate surface area is 124 Å². The molecular formula is C15H22N2S2. The molecule has 0 amide bonds. The Hall–Kier alpha value is -0.480. The van der Waals surface area contributed by atoms with Crippen LogP contribution in [0.15, 0.2) is 17.1 Å². The molecule has 104 valence electrons. The zero-order valence-electron chi connectivity index (χ0n) is 11.7. The van der Waals surface area contributed by atoms with Gasteiger partial charge in [-0.3, -0.25) is 4.99 Å². The van der Waals surface area contributed by atoms with E-state index in [1.807, 2.05) is 23.1 Å². The van der Waals surface area contributed by atoms with Crippen LogP contribution < -0.4 is 5.32 Å². The van der Waals surface area contributed by atoms with Gasteiger partial charge in [-0.25, -0.2) is 0 Å². The third kappa shape index (κ3) is 3.00. The van der Waals surface area contributed by atoms with Crippen molar-refractivity contribution in [1.82, 2.24) is 5.32 Å². The van der Waals surface area contributed by atoms with Gasteiger partial charge in [0.25, 0.3) is 0 Å². The summed E-state index contributed by atoms with van der Waals surface area (Å²) >= 11 is 3.81. The second-order valence-electron chi connectivity index (χ2n) is 5.93. The summed E-state index contributed by atoms with van der Waals surface area (Å²) in [5, 5.41) is 4.73. The summed E-state index contributed by atoms with van der Waals surface area (Å²) in [5.41, 5.74) is 0.540. The van der Waals surface area contributed by atoms with Crippen molar-refractivity contribution >= 4 is 28.3 Å². The molecule has 2 aliphatic rings. The lowest BCUT2D eigenvalue weighted by atomic mass is 9.89.